The van der Waals surface area contributed by atoms with E-state index in [2.05, 4.69) is 10.3 Å². The zero-order valence-electron chi connectivity index (χ0n) is 16.1. The van der Waals surface area contributed by atoms with Crippen LogP contribution in [0.3, 0.4) is 0 Å². The summed E-state index contributed by atoms with van der Waals surface area (Å²) in [6.45, 7) is 0. The molecule has 0 fully saturated rings. The van der Waals surface area contributed by atoms with Gasteiger partial charge in [0.1, 0.15) is 20.5 Å². The number of hydrogen-bond donors (Lipinski definition) is 3. The van der Waals surface area contributed by atoms with Crippen LogP contribution in [0.4, 0.5) is 10.7 Å². The summed E-state index contributed by atoms with van der Waals surface area (Å²) in [4.78, 5) is 31.8. The SMILES string of the molecule is COc1ccc2cc3c(N)c(C(=O)Nc4sc5c(c4C(N)=O)CCC5)sc3nc2c1. The Hall–Kier alpha value is -3.17. The molecular weight excluding hydrogens is 420 g/mol. The first-order valence-corrected chi connectivity index (χ1v) is 11.0. The van der Waals surface area contributed by atoms with Gasteiger partial charge < -0.3 is 21.5 Å². The summed E-state index contributed by atoms with van der Waals surface area (Å²) in [5, 5.41) is 4.99. The second-order valence-corrected chi connectivity index (χ2v) is 9.23. The fourth-order valence-corrected chi connectivity index (χ4v) is 6.15. The number of carbonyl (C=O) groups is 2. The number of benzene rings is 1. The molecular formula is C21H18N4O3S2. The van der Waals surface area contributed by atoms with Gasteiger partial charge in [0.25, 0.3) is 11.8 Å². The van der Waals surface area contributed by atoms with Gasteiger partial charge >= 0.3 is 0 Å². The first-order chi connectivity index (χ1) is 14.5. The molecule has 0 spiro atoms. The number of ether oxygens (including phenoxy) is 1. The minimum Gasteiger partial charge on any atom is -0.497 e. The number of primary amides is 1. The van der Waals surface area contributed by atoms with E-state index in [4.69, 9.17) is 16.2 Å². The van der Waals surface area contributed by atoms with Crippen LogP contribution >= 0.6 is 22.7 Å². The highest BCUT2D eigenvalue weighted by molar-refractivity contribution is 7.21. The van der Waals surface area contributed by atoms with Gasteiger partial charge in [0.05, 0.1) is 23.9 Å². The lowest BCUT2D eigenvalue weighted by Gasteiger charge is -2.05. The molecule has 0 radical (unpaired) electrons. The van der Waals surface area contributed by atoms with Crippen LogP contribution in [-0.2, 0) is 12.8 Å². The number of methoxy groups -OCH3 is 1. The number of hydrogen-bond acceptors (Lipinski definition) is 7. The highest BCUT2D eigenvalue weighted by Crippen LogP contribution is 2.40. The number of aryl methyl sites for hydroxylation is 1. The number of nitrogen functional groups attached to an aromatic ring is 1. The van der Waals surface area contributed by atoms with Gasteiger partial charge in [0.2, 0.25) is 0 Å². The van der Waals surface area contributed by atoms with E-state index in [9.17, 15) is 9.59 Å². The summed E-state index contributed by atoms with van der Waals surface area (Å²) >= 11 is 2.64. The number of nitrogens with zero attached hydrogens (tertiary/aromatic N) is 1. The Morgan fingerprint density at radius 3 is 2.80 bits per heavy atom. The van der Waals surface area contributed by atoms with Crippen molar-refractivity contribution in [3.05, 3.63) is 45.1 Å². The number of pyridine rings is 1. The Morgan fingerprint density at radius 1 is 1.20 bits per heavy atom. The number of rotatable bonds is 4. The quantitative estimate of drug-likeness (QED) is 0.446. The van der Waals surface area contributed by atoms with Crippen molar-refractivity contribution in [1.29, 1.82) is 0 Å². The molecule has 0 unspecified atom stereocenters. The predicted molar refractivity (Wildman–Crippen MR) is 121 cm³/mol. The Balaban J connectivity index is 1.55. The summed E-state index contributed by atoms with van der Waals surface area (Å²) in [7, 11) is 1.60. The molecule has 4 aromatic rings. The maximum atomic E-state index is 13.0. The molecule has 152 valence electrons. The summed E-state index contributed by atoms with van der Waals surface area (Å²) in [5.74, 6) is -0.169. The van der Waals surface area contributed by atoms with Gasteiger partial charge in [-0.15, -0.1) is 22.7 Å². The van der Waals surface area contributed by atoms with E-state index < -0.39 is 5.91 Å². The lowest BCUT2D eigenvalue weighted by Crippen LogP contribution is -2.17. The van der Waals surface area contributed by atoms with Crippen molar-refractivity contribution in [2.24, 2.45) is 5.73 Å². The van der Waals surface area contributed by atoms with E-state index in [1.54, 1.807) is 7.11 Å². The third-order valence-electron chi connectivity index (χ3n) is 5.32. The molecule has 0 saturated carbocycles. The van der Waals surface area contributed by atoms with Crippen molar-refractivity contribution >= 4 is 66.3 Å². The fraction of sp³-hybridized carbons (Fsp3) is 0.190. The highest BCUT2D eigenvalue weighted by Gasteiger charge is 2.27. The summed E-state index contributed by atoms with van der Waals surface area (Å²) < 4.78 is 5.26. The van der Waals surface area contributed by atoms with E-state index >= 15 is 0 Å². The van der Waals surface area contributed by atoms with Crippen LogP contribution in [0, 0.1) is 0 Å². The van der Waals surface area contributed by atoms with E-state index in [-0.39, 0.29) is 5.91 Å². The highest BCUT2D eigenvalue weighted by atomic mass is 32.1. The van der Waals surface area contributed by atoms with E-state index in [0.29, 0.717) is 31.7 Å². The summed E-state index contributed by atoms with van der Waals surface area (Å²) in [6, 6.07) is 7.53. The van der Waals surface area contributed by atoms with E-state index in [1.807, 2.05) is 24.3 Å². The van der Waals surface area contributed by atoms with E-state index in [1.165, 1.54) is 22.7 Å². The largest absolute Gasteiger partial charge is 0.497 e. The topological polar surface area (TPSA) is 120 Å². The second kappa shape index (κ2) is 6.96. The van der Waals surface area contributed by atoms with Gasteiger partial charge in [-0.05, 0) is 43.0 Å². The number of nitrogens with one attached hydrogen (secondary N) is 1. The average Bonchev–Trinajstić information content (AvgIpc) is 3.39. The molecule has 3 aromatic heterocycles. The van der Waals surface area contributed by atoms with Crippen LogP contribution in [-0.4, -0.2) is 23.9 Å². The molecule has 0 saturated heterocycles. The number of fused-ring (bicyclic) bond motifs is 3. The molecule has 1 aliphatic rings. The standard InChI is InChI=1S/C21H18N4O3S2/c1-28-10-6-5-9-7-12-16(22)17(30-20(12)24-13(9)8-10)19(27)25-21-15(18(23)26)11-3-2-4-14(11)29-21/h5-8H,2-4,22H2,1H3,(H2,23,26)(H,25,27). The van der Waals surface area contributed by atoms with Crippen LogP contribution < -0.4 is 21.5 Å². The van der Waals surface area contributed by atoms with Crippen molar-refractivity contribution < 1.29 is 14.3 Å². The zero-order valence-corrected chi connectivity index (χ0v) is 17.7. The summed E-state index contributed by atoms with van der Waals surface area (Å²) in [6.07, 6.45) is 2.72. The molecule has 1 aromatic carbocycles. The van der Waals surface area contributed by atoms with E-state index in [0.717, 1.165) is 46.0 Å². The van der Waals surface area contributed by atoms with Crippen LogP contribution in [0.1, 0.15) is 36.9 Å². The third kappa shape index (κ3) is 2.89. The molecule has 9 heteroatoms. The van der Waals surface area contributed by atoms with Crippen LogP contribution in [0.25, 0.3) is 21.1 Å². The predicted octanol–water partition coefficient (Wildman–Crippen LogP) is 3.94. The van der Waals surface area contributed by atoms with Crippen molar-refractivity contribution in [3.8, 4) is 5.75 Å². The first-order valence-electron chi connectivity index (χ1n) is 9.38. The van der Waals surface area contributed by atoms with Gasteiger partial charge in [-0.1, -0.05) is 0 Å². The Bertz CT molecular complexity index is 1360. The average molecular weight is 439 g/mol. The lowest BCUT2D eigenvalue weighted by atomic mass is 10.1. The number of aromatic nitrogens is 1. The Kier molecular flexibility index (Phi) is 4.37. The normalized spacial score (nSPS) is 13.0. The molecule has 3 heterocycles. The van der Waals surface area contributed by atoms with Gasteiger partial charge in [-0.2, -0.15) is 0 Å². The van der Waals surface area contributed by atoms with Gasteiger partial charge in [-0.25, -0.2) is 4.98 Å². The maximum absolute atomic E-state index is 13.0. The third-order valence-corrected chi connectivity index (χ3v) is 7.65. The van der Waals surface area contributed by atoms with Crippen LogP contribution in [0.2, 0.25) is 0 Å². The van der Waals surface area contributed by atoms with Crippen LogP contribution in [0.15, 0.2) is 24.3 Å². The number of anilines is 2. The molecule has 0 aliphatic heterocycles. The van der Waals surface area contributed by atoms with Gasteiger partial charge in [-0.3, -0.25) is 9.59 Å². The van der Waals surface area contributed by atoms with Crippen LogP contribution in [0.5, 0.6) is 5.75 Å². The lowest BCUT2D eigenvalue weighted by molar-refractivity contribution is 0.100. The van der Waals surface area contributed by atoms with Crippen molar-refractivity contribution in [2.75, 3.05) is 18.2 Å². The summed E-state index contributed by atoms with van der Waals surface area (Å²) in [5.41, 5.74) is 14.4. The van der Waals surface area contributed by atoms with Crippen molar-refractivity contribution in [1.82, 2.24) is 4.98 Å². The minimum absolute atomic E-state index is 0.362. The Labute approximate surface area is 179 Å². The molecule has 5 N–H and O–H groups in total. The number of carbonyl (C=O) groups excluding carboxylic acids is 2. The van der Waals surface area contributed by atoms with Gasteiger partial charge in [0.15, 0.2) is 0 Å². The smallest absolute Gasteiger partial charge is 0.268 e. The molecule has 5 rings (SSSR count). The Morgan fingerprint density at radius 2 is 2.03 bits per heavy atom. The molecule has 0 bridgehead atoms. The molecule has 1 aliphatic carbocycles. The fourth-order valence-electron chi connectivity index (χ4n) is 3.88. The first kappa shape index (κ1) is 18.8. The maximum Gasteiger partial charge on any atom is 0.268 e. The zero-order chi connectivity index (χ0) is 21.0. The number of amides is 2. The molecule has 0 atom stereocenters. The molecule has 2 amide bonds. The number of nitrogens with two attached hydrogens (primary N) is 2. The second-order valence-electron chi connectivity index (χ2n) is 7.12. The number of thiophene rings is 2. The van der Waals surface area contributed by atoms with Gasteiger partial charge in [0, 0.05) is 21.7 Å². The van der Waals surface area contributed by atoms with Crippen molar-refractivity contribution in [3.63, 3.8) is 0 Å². The minimum atomic E-state index is -0.518. The van der Waals surface area contributed by atoms with Crippen molar-refractivity contribution in [2.45, 2.75) is 19.3 Å². The molecule has 7 nitrogen and oxygen atoms in total. The monoisotopic (exact) mass is 438 g/mol. The molecule has 30 heavy (non-hydrogen) atoms.